The van der Waals surface area contributed by atoms with Gasteiger partial charge in [0.15, 0.2) is 11.5 Å². The van der Waals surface area contributed by atoms with E-state index in [1.807, 2.05) is 12.1 Å². The maximum atomic E-state index is 12.6. The van der Waals surface area contributed by atoms with E-state index in [4.69, 9.17) is 19.0 Å². The number of amides is 1. The third kappa shape index (κ3) is 4.01. The van der Waals surface area contributed by atoms with E-state index in [1.54, 1.807) is 43.5 Å². The first-order chi connectivity index (χ1) is 14.1. The van der Waals surface area contributed by atoms with Crippen LogP contribution in [0, 0.1) is 0 Å². The molecular formula is C21H18N2O6. The average molecular weight is 394 g/mol. The highest BCUT2D eigenvalue weighted by Crippen LogP contribution is 2.34. The van der Waals surface area contributed by atoms with Gasteiger partial charge in [0.2, 0.25) is 6.79 Å². The van der Waals surface area contributed by atoms with Gasteiger partial charge < -0.3 is 24.4 Å². The molecule has 0 unspecified atom stereocenters. The molecule has 0 spiro atoms. The first kappa shape index (κ1) is 18.4. The topological polar surface area (TPSA) is 88.0 Å². The average Bonchev–Trinajstić information content (AvgIpc) is 3.21. The molecule has 0 radical (unpaired) electrons. The van der Waals surface area contributed by atoms with Crippen molar-refractivity contribution in [1.82, 2.24) is 4.73 Å². The number of hydrogen-bond donors (Lipinski definition) is 1. The molecular weight excluding hydrogens is 376 g/mol. The van der Waals surface area contributed by atoms with Crippen LogP contribution in [0.4, 0.5) is 5.69 Å². The lowest BCUT2D eigenvalue weighted by atomic mass is 10.2. The minimum atomic E-state index is -0.556. The Morgan fingerprint density at radius 3 is 2.69 bits per heavy atom. The SMILES string of the molecule is COc1ccc(COn2cccc(C(=O)Nc3ccc4c(c3)OCO4)c2=O)cc1. The summed E-state index contributed by atoms with van der Waals surface area (Å²) >= 11 is 0. The molecule has 1 aromatic heterocycles. The Bertz CT molecular complexity index is 1090. The highest BCUT2D eigenvalue weighted by molar-refractivity contribution is 6.04. The summed E-state index contributed by atoms with van der Waals surface area (Å²) in [5.41, 5.74) is 0.750. The number of aromatic nitrogens is 1. The Morgan fingerprint density at radius 1 is 1.10 bits per heavy atom. The highest BCUT2D eigenvalue weighted by atomic mass is 16.7. The normalized spacial score (nSPS) is 11.8. The fourth-order valence-corrected chi connectivity index (χ4v) is 2.79. The summed E-state index contributed by atoms with van der Waals surface area (Å²) in [6, 6.07) is 15.3. The summed E-state index contributed by atoms with van der Waals surface area (Å²) in [5, 5.41) is 2.69. The van der Waals surface area contributed by atoms with Crippen LogP contribution in [0.3, 0.4) is 0 Å². The Morgan fingerprint density at radius 2 is 1.90 bits per heavy atom. The van der Waals surface area contributed by atoms with Gasteiger partial charge in [-0.05, 0) is 42.0 Å². The van der Waals surface area contributed by atoms with E-state index in [0.717, 1.165) is 16.0 Å². The predicted octanol–water partition coefficient (Wildman–Crippen LogP) is 2.47. The zero-order valence-corrected chi connectivity index (χ0v) is 15.6. The molecule has 0 bridgehead atoms. The zero-order valence-electron chi connectivity index (χ0n) is 15.6. The number of ether oxygens (including phenoxy) is 3. The molecule has 8 heteroatoms. The molecule has 8 nitrogen and oxygen atoms in total. The first-order valence-electron chi connectivity index (χ1n) is 8.83. The van der Waals surface area contributed by atoms with Crippen molar-refractivity contribution >= 4 is 11.6 Å². The number of nitrogens with zero attached hydrogens (tertiary/aromatic N) is 1. The van der Waals surface area contributed by atoms with Crippen LogP contribution in [-0.4, -0.2) is 24.5 Å². The molecule has 0 saturated carbocycles. The Kier molecular flexibility index (Phi) is 5.07. The number of nitrogens with one attached hydrogen (secondary N) is 1. The van der Waals surface area contributed by atoms with Crippen molar-refractivity contribution in [1.29, 1.82) is 0 Å². The van der Waals surface area contributed by atoms with Gasteiger partial charge >= 0.3 is 0 Å². The van der Waals surface area contributed by atoms with E-state index >= 15 is 0 Å². The van der Waals surface area contributed by atoms with Crippen molar-refractivity contribution in [3.8, 4) is 17.2 Å². The molecule has 2 aromatic carbocycles. The number of carbonyl (C=O) groups is 1. The molecule has 1 aliphatic heterocycles. The number of carbonyl (C=O) groups excluding carboxylic acids is 1. The van der Waals surface area contributed by atoms with Crippen LogP contribution in [0.25, 0.3) is 0 Å². The quantitative estimate of drug-likeness (QED) is 0.691. The molecule has 1 amide bonds. The summed E-state index contributed by atoms with van der Waals surface area (Å²) in [4.78, 5) is 30.7. The summed E-state index contributed by atoms with van der Waals surface area (Å²) < 4.78 is 16.7. The van der Waals surface area contributed by atoms with Gasteiger partial charge in [0, 0.05) is 18.0 Å². The number of benzene rings is 2. The lowest BCUT2D eigenvalue weighted by Crippen LogP contribution is -2.32. The third-order valence-electron chi connectivity index (χ3n) is 4.32. The Labute approximate surface area is 166 Å². The summed E-state index contributed by atoms with van der Waals surface area (Å²) in [6.45, 7) is 0.304. The second kappa shape index (κ2) is 7.97. The van der Waals surface area contributed by atoms with Crippen LogP contribution in [0.15, 0.2) is 65.6 Å². The van der Waals surface area contributed by atoms with Crippen molar-refractivity contribution in [2.75, 3.05) is 19.2 Å². The monoisotopic (exact) mass is 394 g/mol. The van der Waals surface area contributed by atoms with Crippen LogP contribution >= 0.6 is 0 Å². The second-order valence-electron chi connectivity index (χ2n) is 6.20. The van der Waals surface area contributed by atoms with Crippen LogP contribution < -0.4 is 29.9 Å². The van der Waals surface area contributed by atoms with Crippen LogP contribution in [-0.2, 0) is 6.61 Å². The van der Waals surface area contributed by atoms with Crippen LogP contribution in [0.2, 0.25) is 0 Å². The van der Waals surface area contributed by atoms with E-state index in [1.165, 1.54) is 12.3 Å². The maximum Gasteiger partial charge on any atom is 0.295 e. The molecule has 3 aromatic rings. The van der Waals surface area contributed by atoms with Gasteiger partial charge in [0.1, 0.15) is 17.9 Å². The molecule has 0 saturated heterocycles. The van der Waals surface area contributed by atoms with Crippen LogP contribution in [0.1, 0.15) is 15.9 Å². The lowest BCUT2D eigenvalue weighted by molar-refractivity contribution is 0.0863. The summed E-state index contributed by atoms with van der Waals surface area (Å²) in [7, 11) is 1.59. The first-order valence-corrected chi connectivity index (χ1v) is 8.83. The molecule has 1 aliphatic rings. The molecule has 148 valence electrons. The van der Waals surface area contributed by atoms with E-state index in [2.05, 4.69) is 5.32 Å². The summed E-state index contributed by atoms with van der Waals surface area (Å²) in [6.07, 6.45) is 1.46. The smallest absolute Gasteiger partial charge is 0.295 e. The van der Waals surface area contributed by atoms with Gasteiger partial charge in [-0.2, -0.15) is 4.73 Å². The van der Waals surface area contributed by atoms with Crippen molar-refractivity contribution in [2.45, 2.75) is 6.61 Å². The van der Waals surface area contributed by atoms with Gasteiger partial charge in [0.25, 0.3) is 11.5 Å². The maximum absolute atomic E-state index is 12.6. The number of rotatable bonds is 6. The highest BCUT2D eigenvalue weighted by Gasteiger charge is 2.17. The fraction of sp³-hybridized carbons (Fsp3) is 0.143. The van der Waals surface area contributed by atoms with E-state index in [9.17, 15) is 9.59 Å². The molecule has 0 aliphatic carbocycles. The van der Waals surface area contributed by atoms with E-state index < -0.39 is 11.5 Å². The van der Waals surface area contributed by atoms with Crippen LogP contribution in [0.5, 0.6) is 17.2 Å². The number of pyridine rings is 1. The van der Waals surface area contributed by atoms with Gasteiger partial charge in [-0.25, -0.2) is 0 Å². The Balaban J connectivity index is 1.46. The number of anilines is 1. The van der Waals surface area contributed by atoms with Gasteiger partial charge in [-0.15, -0.1) is 0 Å². The number of methoxy groups -OCH3 is 1. The minimum absolute atomic E-state index is 0.0418. The lowest BCUT2D eigenvalue weighted by Gasteiger charge is -2.11. The molecule has 2 heterocycles. The predicted molar refractivity (Wildman–Crippen MR) is 104 cm³/mol. The molecule has 0 fully saturated rings. The summed E-state index contributed by atoms with van der Waals surface area (Å²) in [5.74, 6) is 1.33. The zero-order chi connectivity index (χ0) is 20.2. The fourth-order valence-electron chi connectivity index (χ4n) is 2.79. The van der Waals surface area contributed by atoms with Crippen molar-refractivity contribution in [3.05, 3.63) is 82.3 Å². The molecule has 0 atom stereocenters. The number of fused-ring (bicyclic) bond motifs is 1. The molecule has 29 heavy (non-hydrogen) atoms. The number of hydrogen-bond acceptors (Lipinski definition) is 6. The van der Waals surface area contributed by atoms with E-state index in [0.29, 0.717) is 17.2 Å². The van der Waals surface area contributed by atoms with Gasteiger partial charge in [-0.1, -0.05) is 12.1 Å². The molecule has 1 N–H and O–H groups in total. The van der Waals surface area contributed by atoms with Crippen molar-refractivity contribution in [2.24, 2.45) is 0 Å². The van der Waals surface area contributed by atoms with Crippen molar-refractivity contribution < 1.29 is 23.8 Å². The third-order valence-corrected chi connectivity index (χ3v) is 4.32. The minimum Gasteiger partial charge on any atom is -0.497 e. The molecule has 4 rings (SSSR count). The second-order valence-corrected chi connectivity index (χ2v) is 6.20. The Hall–Kier alpha value is -3.94. The standard InChI is InChI=1S/C21H18N2O6/c1-26-16-7-4-14(5-8-16)12-29-23-10-2-3-17(21(23)25)20(24)22-15-6-9-18-19(11-15)28-13-27-18/h2-11H,12-13H2,1H3,(H,22,24). The van der Waals surface area contributed by atoms with Crippen molar-refractivity contribution in [3.63, 3.8) is 0 Å². The van der Waals surface area contributed by atoms with Gasteiger partial charge in [0.05, 0.1) is 7.11 Å². The largest absolute Gasteiger partial charge is 0.497 e. The van der Waals surface area contributed by atoms with E-state index in [-0.39, 0.29) is 19.0 Å². The van der Waals surface area contributed by atoms with Gasteiger partial charge in [-0.3, -0.25) is 9.59 Å².